The van der Waals surface area contributed by atoms with E-state index in [1.54, 1.807) is 26.3 Å². The highest BCUT2D eigenvalue weighted by Crippen LogP contribution is 2.16. The molecule has 1 amide bonds. The largest absolute Gasteiger partial charge is 0.496 e. The molecule has 23 heavy (non-hydrogen) atoms. The van der Waals surface area contributed by atoms with Crippen LogP contribution in [0.3, 0.4) is 0 Å². The Bertz CT molecular complexity index is 694. The van der Waals surface area contributed by atoms with Gasteiger partial charge >= 0.3 is 0 Å². The van der Waals surface area contributed by atoms with Crippen LogP contribution in [0.15, 0.2) is 45.8 Å². The molecule has 0 radical (unpaired) electrons. The van der Waals surface area contributed by atoms with Gasteiger partial charge in [-0.3, -0.25) is 9.79 Å². The van der Waals surface area contributed by atoms with Crippen molar-refractivity contribution in [2.45, 2.75) is 13.1 Å². The molecule has 0 aliphatic heterocycles. The maximum Gasteiger partial charge on any atom is 0.284 e. The lowest BCUT2D eigenvalue weighted by Crippen LogP contribution is -2.36. The van der Waals surface area contributed by atoms with E-state index in [9.17, 15) is 4.79 Å². The Hall–Kier alpha value is -2.96. The van der Waals surface area contributed by atoms with Crippen LogP contribution < -0.4 is 21.1 Å². The molecule has 0 unspecified atom stereocenters. The number of methoxy groups -OCH3 is 1. The van der Waals surface area contributed by atoms with E-state index in [2.05, 4.69) is 15.6 Å². The number of rotatable bonds is 6. The lowest BCUT2D eigenvalue weighted by Gasteiger charge is -2.13. The minimum absolute atomic E-state index is 0.138. The third kappa shape index (κ3) is 4.50. The van der Waals surface area contributed by atoms with E-state index in [4.69, 9.17) is 14.9 Å². The van der Waals surface area contributed by atoms with Crippen LogP contribution in [0.2, 0.25) is 0 Å². The molecule has 0 saturated carbocycles. The molecule has 2 rings (SSSR count). The highest BCUT2D eigenvalue weighted by atomic mass is 16.5. The van der Waals surface area contributed by atoms with Gasteiger partial charge in [-0.15, -0.1) is 0 Å². The number of hydrogen-bond donors (Lipinski definition) is 3. The summed E-state index contributed by atoms with van der Waals surface area (Å²) in [4.78, 5) is 15.1. The van der Waals surface area contributed by atoms with Gasteiger partial charge < -0.3 is 25.5 Å². The molecule has 0 aliphatic carbocycles. The maximum atomic E-state index is 11.0. The summed E-state index contributed by atoms with van der Waals surface area (Å²) in [5, 5.41) is 6.28. The van der Waals surface area contributed by atoms with Gasteiger partial charge in [0.1, 0.15) is 11.5 Å². The third-order valence-electron chi connectivity index (χ3n) is 3.20. The average Bonchev–Trinajstić information content (AvgIpc) is 3.04. The molecular formula is C16H20N4O3. The van der Waals surface area contributed by atoms with Crippen molar-refractivity contribution in [3.05, 3.63) is 53.5 Å². The molecule has 4 N–H and O–H groups in total. The molecule has 0 aliphatic rings. The zero-order valence-corrected chi connectivity index (χ0v) is 13.1. The number of ether oxygens (including phenoxy) is 1. The summed E-state index contributed by atoms with van der Waals surface area (Å²) in [6, 6.07) is 11.0. The monoisotopic (exact) mass is 316 g/mol. The van der Waals surface area contributed by atoms with Gasteiger partial charge in [-0.25, -0.2) is 0 Å². The number of primary amides is 1. The Balaban J connectivity index is 1.89. The van der Waals surface area contributed by atoms with Gasteiger partial charge in [0.15, 0.2) is 11.7 Å². The van der Waals surface area contributed by atoms with Crippen LogP contribution in [0.4, 0.5) is 0 Å². The van der Waals surface area contributed by atoms with Crippen LogP contribution in [-0.2, 0) is 13.1 Å². The summed E-state index contributed by atoms with van der Waals surface area (Å²) in [6.07, 6.45) is 0. The summed E-state index contributed by atoms with van der Waals surface area (Å²) < 4.78 is 10.6. The van der Waals surface area contributed by atoms with E-state index < -0.39 is 5.91 Å². The Labute approximate surface area is 134 Å². The van der Waals surface area contributed by atoms with Crippen molar-refractivity contribution < 1.29 is 13.9 Å². The zero-order chi connectivity index (χ0) is 16.7. The Morgan fingerprint density at radius 2 is 1.96 bits per heavy atom. The van der Waals surface area contributed by atoms with E-state index in [-0.39, 0.29) is 5.76 Å². The van der Waals surface area contributed by atoms with Crippen molar-refractivity contribution in [2.75, 3.05) is 14.2 Å². The van der Waals surface area contributed by atoms with E-state index in [0.717, 1.165) is 11.3 Å². The topological polar surface area (TPSA) is 102 Å². The van der Waals surface area contributed by atoms with Gasteiger partial charge in [0.05, 0.1) is 13.7 Å². The third-order valence-corrected chi connectivity index (χ3v) is 3.20. The van der Waals surface area contributed by atoms with Crippen molar-refractivity contribution >= 4 is 11.9 Å². The number of carbonyl (C=O) groups is 1. The number of aliphatic imine (C=N–C) groups is 1. The fourth-order valence-electron chi connectivity index (χ4n) is 2.02. The quantitative estimate of drug-likeness (QED) is 0.550. The van der Waals surface area contributed by atoms with Crippen LogP contribution in [-0.4, -0.2) is 26.0 Å². The predicted octanol–water partition coefficient (Wildman–Crippen LogP) is 1.25. The summed E-state index contributed by atoms with van der Waals surface area (Å²) in [6.45, 7) is 0.952. The molecule has 1 heterocycles. The van der Waals surface area contributed by atoms with E-state index in [0.29, 0.717) is 24.8 Å². The molecule has 0 atom stereocenters. The standard InChI is InChI=1S/C16H20N4O3/c1-18-16(19-9-11-5-3-4-6-13(11)22-2)20-10-12-7-8-14(23-12)15(17)21/h3-8H,9-10H2,1-2H3,(H2,17,21)(H2,18,19,20). The molecule has 1 aromatic carbocycles. The van der Waals surface area contributed by atoms with Crippen LogP contribution in [0.5, 0.6) is 5.75 Å². The molecule has 2 aromatic rings. The van der Waals surface area contributed by atoms with E-state index in [1.807, 2.05) is 24.3 Å². The number of nitrogens with two attached hydrogens (primary N) is 1. The van der Waals surface area contributed by atoms with Gasteiger partial charge in [0.25, 0.3) is 5.91 Å². The number of furan rings is 1. The molecule has 0 fully saturated rings. The second kappa shape index (κ2) is 7.88. The summed E-state index contributed by atoms with van der Waals surface area (Å²) in [7, 11) is 3.31. The summed E-state index contributed by atoms with van der Waals surface area (Å²) >= 11 is 0. The second-order valence-electron chi connectivity index (χ2n) is 4.72. The number of nitrogens with one attached hydrogen (secondary N) is 2. The molecule has 122 valence electrons. The van der Waals surface area contributed by atoms with E-state index >= 15 is 0 Å². The molecule has 7 heteroatoms. The average molecular weight is 316 g/mol. The lowest BCUT2D eigenvalue weighted by molar-refractivity contribution is 0.0972. The number of carbonyl (C=O) groups excluding carboxylic acids is 1. The smallest absolute Gasteiger partial charge is 0.284 e. The van der Waals surface area contributed by atoms with Crippen molar-refractivity contribution in [3.8, 4) is 5.75 Å². The highest BCUT2D eigenvalue weighted by molar-refractivity contribution is 5.89. The van der Waals surface area contributed by atoms with Crippen molar-refractivity contribution in [1.29, 1.82) is 0 Å². The summed E-state index contributed by atoms with van der Waals surface area (Å²) in [5.41, 5.74) is 6.17. The number of guanidine groups is 1. The first kappa shape index (κ1) is 16.4. The van der Waals surface area contributed by atoms with Crippen LogP contribution in [0.1, 0.15) is 21.9 Å². The van der Waals surface area contributed by atoms with Gasteiger partial charge in [0.2, 0.25) is 0 Å². The molecule has 7 nitrogen and oxygen atoms in total. The van der Waals surface area contributed by atoms with Crippen LogP contribution in [0, 0.1) is 0 Å². The predicted molar refractivity (Wildman–Crippen MR) is 87.3 cm³/mol. The molecule has 1 aromatic heterocycles. The molecule has 0 spiro atoms. The zero-order valence-electron chi connectivity index (χ0n) is 13.1. The van der Waals surface area contributed by atoms with Crippen molar-refractivity contribution in [1.82, 2.24) is 10.6 Å². The van der Waals surface area contributed by atoms with E-state index in [1.165, 1.54) is 0 Å². The number of benzene rings is 1. The summed E-state index contributed by atoms with van der Waals surface area (Å²) in [5.74, 6) is 1.56. The lowest BCUT2D eigenvalue weighted by atomic mass is 10.2. The van der Waals surface area contributed by atoms with Crippen LogP contribution in [0.25, 0.3) is 0 Å². The van der Waals surface area contributed by atoms with Crippen molar-refractivity contribution in [2.24, 2.45) is 10.7 Å². The molecular weight excluding hydrogens is 296 g/mol. The maximum absolute atomic E-state index is 11.0. The highest BCUT2D eigenvalue weighted by Gasteiger charge is 2.08. The first-order valence-electron chi connectivity index (χ1n) is 7.09. The van der Waals surface area contributed by atoms with Gasteiger partial charge in [-0.2, -0.15) is 0 Å². The Morgan fingerprint density at radius 1 is 1.22 bits per heavy atom. The number of para-hydroxylation sites is 1. The molecule has 0 bridgehead atoms. The fourth-order valence-corrected chi connectivity index (χ4v) is 2.02. The normalized spacial score (nSPS) is 11.1. The van der Waals surface area contributed by atoms with Gasteiger partial charge in [-0.1, -0.05) is 18.2 Å². The Kier molecular flexibility index (Phi) is 5.62. The van der Waals surface area contributed by atoms with Crippen LogP contribution >= 0.6 is 0 Å². The Morgan fingerprint density at radius 3 is 2.61 bits per heavy atom. The first-order chi connectivity index (χ1) is 11.1. The number of nitrogens with zero attached hydrogens (tertiary/aromatic N) is 1. The fraction of sp³-hybridized carbons (Fsp3) is 0.250. The van der Waals surface area contributed by atoms with Gasteiger partial charge in [0, 0.05) is 19.2 Å². The van der Waals surface area contributed by atoms with Crippen molar-refractivity contribution in [3.63, 3.8) is 0 Å². The number of hydrogen-bond acceptors (Lipinski definition) is 4. The molecule has 0 saturated heterocycles. The SMILES string of the molecule is CN=C(NCc1ccc(C(N)=O)o1)NCc1ccccc1OC. The minimum Gasteiger partial charge on any atom is -0.496 e. The number of amides is 1. The first-order valence-corrected chi connectivity index (χ1v) is 7.09. The second-order valence-corrected chi connectivity index (χ2v) is 4.72. The van der Waals surface area contributed by atoms with Gasteiger partial charge in [-0.05, 0) is 18.2 Å². The minimum atomic E-state index is -0.588.